The number of unbranched alkanes of at least 4 members (excludes halogenated alkanes) is 2. The Balaban J connectivity index is 1.78. The van der Waals surface area contributed by atoms with E-state index in [9.17, 15) is 19.5 Å². The van der Waals surface area contributed by atoms with Crippen molar-refractivity contribution in [3.63, 3.8) is 0 Å². The van der Waals surface area contributed by atoms with Crippen LogP contribution in [0.1, 0.15) is 46.0 Å². The fourth-order valence-corrected chi connectivity index (χ4v) is 7.79. The number of anilines is 1. The highest BCUT2D eigenvalue weighted by atomic mass is 79.9. The van der Waals surface area contributed by atoms with Gasteiger partial charge in [-0.15, -0.1) is 13.2 Å². The first-order chi connectivity index (χ1) is 19.3. The van der Waals surface area contributed by atoms with Gasteiger partial charge in [0.05, 0.1) is 30.6 Å². The Morgan fingerprint density at radius 3 is 2.48 bits per heavy atom. The van der Waals surface area contributed by atoms with Gasteiger partial charge in [-0.25, -0.2) is 0 Å². The summed E-state index contributed by atoms with van der Waals surface area (Å²) in [5, 5.41) is 10.3. The number of likely N-dealkylation sites (tertiary alicyclic amines) is 1. The summed E-state index contributed by atoms with van der Waals surface area (Å²) in [6, 6.07) is 7.82. The summed E-state index contributed by atoms with van der Waals surface area (Å²) in [5.41, 5.74) is -0.462. The molecule has 1 N–H and O–H groups in total. The Bertz CT molecular complexity index is 1100. The van der Waals surface area contributed by atoms with Crippen molar-refractivity contribution in [3.05, 3.63) is 55.6 Å². The molecule has 0 radical (unpaired) electrons. The summed E-state index contributed by atoms with van der Waals surface area (Å²) in [7, 11) is 0. The van der Waals surface area contributed by atoms with E-state index in [-0.39, 0.29) is 35.7 Å². The molecular formula is C31H42BrN3O5. The van der Waals surface area contributed by atoms with E-state index >= 15 is 0 Å². The summed E-state index contributed by atoms with van der Waals surface area (Å²) in [4.78, 5) is 47.8. The number of hydrogen-bond acceptors (Lipinski definition) is 5. The normalized spacial score (nSPS) is 29.2. The molecule has 0 aromatic heterocycles. The molecule has 2 bridgehead atoms. The third kappa shape index (κ3) is 5.16. The number of hydrogen-bond donors (Lipinski definition) is 1. The Hall–Kier alpha value is -2.49. The van der Waals surface area contributed by atoms with Gasteiger partial charge in [0.1, 0.15) is 11.6 Å². The van der Waals surface area contributed by atoms with E-state index in [1.807, 2.05) is 37.3 Å². The summed E-state index contributed by atoms with van der Waals surface area (Å²) in [6.45, 7) is 12.6. The zero-order chi connectivity index (χ0) is 29.0. The molecule has 3 unspecified atom stereocenters. The number of alkyl halides is 1. The third-order valence-electron chi connectivity index (χ3n) is 8.66. The van der Waals surface area contributed by atoms with E-state index in [2.05, 4.69) is 36.0 Å². The number of aliphatic hydroxyl groups excluding tert-OH is 1. The molecule has 3 amide bonds. The number of carbonyl (C=O) groups is 3. The van der Waals surface area contributed by atoms with Crippen LogP contribution < -0.4 is 4.90 Å². The van der Waals surface area contributed by atoms with E-state index in [0.29, 0.717) is 31.6 Å². The van der Waals surface area contributed by atoms with E-state index < -0.39 is 35.6 Å². The van der Waals surface area contributed by atoms with Crippen molar-refractivity contribution >= 4 is 39.3 Å². The number of amides is 3. The van der Waals surface area contributed by atoms with Crippen LogP contribution in [0.25, 0.3) is 0 Å². The fourth-order valence-electron chi connectivity index (χ4n) is 6.85. The van der Waals surface area contributed by atoms with Gasteiger partial charge in [-0.05, 0) is 31.4 Å². The number of para-hydroxylation sites is 1. The standard InChI is InChI=1S/C31H42BrN3O5/c1-5-9-13-18-33(16-6-2)30(39)27-31-19-23(32)26(40-31)24(25(31)29(38)35(27)21(8-4)20-36)28(37)34(17-7-3)22-14-11-10-12-15-22/h6-7,10-12,14-15,21,23-27,36H,2-3,5,8-9,13,16-20H2,1,4H3/t21-,23?,24-,25-,26-,27?,31?/m0/s1. The van der Waals surface area contributed by atoms with Crippen molar-refractivity contribution in [2.24, 2.45) is 11.8 Å². The maximum atomic E-state index is 14.4. The van der Waals surface area contributed by atoms with E-state index in [1.165, 1.54) is 0 Å². The number of fused-ring (bicyclic) bond motifs is 1. The summed E-state index contributed by atoms with van der Waals surface area (Å²) >= 11 is 3.75. The van der Waals surface area contributed by atoms with E-state index in [4.69, 9.17) is 4.74 Å². The van der Waals surface area contributed by atoms with Crippen molar-refractivity contribution in [2.75, 3.05) is 31.1 Å². The van der Waals surface area contributed by atoms with Crippen LogP contribution in [0.4, 0.5) is 5.69 Å². The number of benzene rings is 1. The lowest BCUT2D eigenvalue weighted by molar-refractivity contribution is -0.151. The predicted molar refractivity (Wildman–Crippen MR) is 159 cm³/mol. The lowest BCUT2D eigenvalue weighted by Crippen LogP contribution is -2.59. The summed E-state index contributed by atoms with van der Waals surface area (Å²) < 4.78 is 6.68. The van der Waals surface area contributed by atoms with Crippen molar-refractivity contribution < 1.29 is 24.2 Å². The average Bonchev–Trinajstić information content (AvgIpc) is 3.55. The van der Waals surface area contributed by atoms with Gasteiger partial charge in [0.15, 0.2) is 0 Å². The van der Waals surface area contributed by atoms with Gasteiger partial charge in [-0.3, -0.25) is 14.4 Å². The number of aliphatic hydroxyl groups is 1. The van der Waals surface area contributed by atoms with Crippen LogP contribution in [0, 0.1) is 11.8 Å². The van der Waals surface area contributed by atoms with Crippen molar-refractivity contribution in [2.45, 2.75) is 74.6 Å². The highest BCUT2D eigenvalue weighted by Gasteiger charge is 2.77. The van der Waals surface area contributed by atoms with Gasteiger partial charge in [-0.1, -0.05) is 73.0 Å². The van der Waals surface area contributed by atoms with Crippen LogP contribution in [-0.4, -0.2) is 87.5 Å². The maximum absolute atomic E-state index is 14.4. The minimum Gasteiger partial charge on any atom is -0.394 e. The third-order valence-corrected chi connectivity index (χ3v) is 9.50. The minimum absolute atomic E-state index is 0.204. The largest absolute Gasteiger partial charge is 0.394 e. The van der Waals surface area contributed by atoms with Crippen LogP contribution in [0.2, 0.25) is 0 Å². The second kappa shape index (κ2) is 13.0. The quantitative estimate of drug-likeness (QED) is 0.195. The molecule has 3 aliphatic heterocycles. The molecule has 4 rings (SSSR count). The molecule has 40 heavy (non-hydrogen) atoms. The predicted octanol–water partition coefficient (Wildman–Crippen LogP) is 3.93. The van der Waals surface area contributed by atoms with Crippen molar-refractivity contribution in [3.8, 4) is 0 Å². The number of halogens is 1. The molecule has 1 aromatic carbocycles. The van der Waals surface area contributed by atoms with E-state index in [0.717, 1.165) is 19.3 Å². The van der Waals surface area contributed by atoms with Gasteiger partial charge in [-0.2, -0.15) is 0 Å². The topological polar surface area (TPSA) is 90.4 Å². The molecule has 0 aliphatic carbocycles. The number of carbonyl (C=O) groups excluding carboxylic acids is 3. The molecule has 1 aromatic rings. The van der Waals surface area contributed by atoms with Gasteiger partial charge in [0.25, 0.3) is 0 Å². The van der Waals surface area contributed by atoms with Crippen molar-refractivity contribution in [1.82, 2.24) is 9.80 Å². The average molecular weight is 617 g/mol. The van der Waals surface area contributed by atoms with Crippen LogP contribution in [0.15, 0.2) is 55.6 Å². The first-order valence-electron chi connectivity index (χ1n) is 14.4. The highest BCUT2D eigenvalue weighted by molar-refractivity contribution is 9.09. The zero-order valence-corrected chi connectivity index (χ0v) is 25.2. The van der Waals surface area contributed by atoms with E-state index in [1.54, 1.807) is 26.9 Å². The zero-order valence-electron chi connectivity index (χ0n) is 23.6. The van der Waals surface area contributed by atoms with Crippen LogP contribution >= 0.6 is 15.9 Å². The first kappa shape index (κ1) is 30.5. The Labute approximate surface area is 246 Å². The summed E-state index contributed by atoms with van der Waals surface area (Å²) in [6.07, 6.45) is 6.53. The Morgan fingerprint density at radius 1 is 1.18 bits per heavy atom. The molecule has 3 aliphatic rings. The Morgan fingerprint density at radius 2 is 1.88 bits per heavy atom. The fraction of sp³-hybridized carbons (Fsp3) is 0.581. The van der Waals surface area contributed by atoms with Crippen LogP contribution in [-0.2, 0) is 19.1 Å². The second-order valence-electron chi connectivity index (χ2n) is 11.0. The number of rotatable bonds is 14. The lowest BCUT2D eigenvalue weighted by Gasteiger charge is -2.39. The van der Waals surface area contributed by atoms with Gasteiger partial charge < -0.3 is 24.5 Å². The SMILES string of the molecule is C=CCN(CCCCC)C(=O)C1N([C@@H](CC)CO)C(=O)[C@@H]2[C@H](C(=O)N(CC=C)c3ccccc3)[C@H]3OC12CC3Br. The molecule has 8 nitrogen and oxygen atoms in total. The first-order valence-corrected chi connectivity index (χ1v) is 15.3. The Kier molecular flexibility index (Phi) is 9.90. The number of nitrogens with zero attached hydrogens (tertiary/aromatic N) is 3. The van der Waals surface area contributed by atoms with Gasteiger partial charge in [0.2, 0.25) is 17.7 Å². The van der Waals surface area contributed by atoms with Crippen LogP contribution in [0.3, 0.4) is 0 Å². The molecule has 9 heteroatoms. The van der Waals surface area contributed by atoms with Gasteiger partial charge in [0, 0.05) is 30.1 Å². The molecule has 3 heterocycles. The van der Waals surface area contributed by atoms with Crippen LogP contribution in [0.5, 0.6) is 0 Å². The van der Waals surface area contributed by atoms with Crippen molar-refractivity contribution in [1.29, 1.82) is 0 Å². The summed E-state index contributed by atoms with van der Waals surface area (Å²) in [5.74, 6) is -2.34. The minimum atomic E-state index is -1.17. The maximum Gasteiger partial charge on any atom is 0.248 e. The lowest BCUT2D eigenvalue weighted by atomic mass is 9.70. The molecule has 0 saturated carbocycles. The molecule has 7 atom stereocenters. The molecule has 3 fully saturated rings. The van der Waals surface area contributed by atoms with Gasteiger partial charge >= 0.3 is 0 Å². The molecule has 218 valence electrons. The molecule has 3 saturated heterocycles. The smallest absolute Gasteiger partial charge is 0.248 e. The molecular weight excluding hydrogens is 574 g/mol. The number of ether oxygens (including phenoxy) is 1. The molecule has 1 spiro atoms. The highest BCUT2D eigenvalue weighted by Crippen LogP contribution is 2.61. The second-order valence-corrected chi connectivity index (χ2v) is 12.2. The monoisotopic (exact) mass is 615 g/mol.